The molecule has 22 heavy (non-hydrogen) atoms. The summed E-state index contributed by atoms with van der Waals surface area (Å²) in [6, 6.07) is 10.1. The van der Waals surface area contributed by atoms with Gasteiger partial charge in [0.05, 0.1) is 5.56 Å². The number of aryl methyl sites for hydroxylation is 1. The van der Waals surface area contributed by atoms with E-state index >= 15 is 0 Å². The van der Waals surface area contributed by atoms with Crippen LogP contribution in [0.3, 0.4) is 0 Å². The fourth-order valence-electron chi connectivity index (χ4n) is 2.91. The Balaban J connectivity index is 1.46. The van der Waals surface area contributed by atoms with Gasteiger partial charge in [-0.15, -0.1) is 5.10 Å². The highest BCUT2D eigenvalue weighted by Gasteiger charge is 2.25. The van der Waals surface area contributed by atoms with Crippen LogP contribution in [-0.4, -0.2) is 32.4 Å². The quantitative estimate of drug-likeness (QED) is 0.793. The fraction of sp³-hybridized carbons (Fsp3) is 0.250. The summed E-state index contributed by atoms with van der Waals surface area (Å²) < 4.78 is 1.59. The van der Waals surface area contributed by atoms with Crippen molar-refractivity contribution in [3.63, 3.8) is 0 Å². The Bertz CT molecular complexity index is 870. The van der Waals surface area contributed by atoms with Crippen molar-refractivity contribution in [2.75, 3.05) is 6.54 Å². The second-order valence-corrected chi connectivity index (χ2v) is 5.59. The van der Waals surface area contributed by atoms with E-state index in [9.17, 15) is 4.79 Å². The SMILES string of the molecule is Cn1nnc2cc(C(=O)NCC3Cc4ccccc43)cnc21. The lowest BCUT2D eigenvalue weighted by atomic mass is 9.77. The van der Waals surface area contributed by atoms with Gasteiger partial charge in [0.1, 0.15) is 5.52 Å². The van der Waals surface area contributed by atoms with Gasteiger partial charge < -0.3 is 5.32 Å². The number of nitrogens with zero attached hydrogens (tertiary/aromatic N) is 4. The second-order valence-electron chi connectivity index (χ2n) is 5.59. The largest absolute Gasteiger partial charge is 0.351 e. The lowest BCUT2D eigenvalue weighted by molar-refractivity contribution is 0.0950. The molecule has 4 rings (SSSR count). The maximum atomic E-state index is 12.2. The molecule has 110 valence electrons. The molecule has 1 atom stereocenters. The van der Waals surface area contributed by atoms with E-state index in [1.807, 2.05) is 6.07 Å². The van der Waals surface area contributed by atoms with Crippen LogP contribution >= 0.6 is 0 Å². The average Bonchev–Trinajstić information content (AvgIpc) is 2.89. The summed E-state index contributed by atoms with van der Waals surface area (Å²) in [5.74, 6) is 0.290. The lowest BCUT2D eigenvalue weighted by Gasteiger charge is -2.30. The van der Waals surface area contributed by atoms with Crippen molar-refractivity contribution in [1.29, 1.82) is 0 Å². The monoisotopic (exact) mass is 293 g/mol. The number of rotatable bonds is 3. The molecular formula is C16H15N5O. The Labute approximate surface area is 127 Å². The Kier molecular flexibility index (Phi) is 2.89. The maximum absolute atomic E-state index is 12.2. The van der Waals surface area contributed by atoms with Crippen LogP contribution in [0.15, 0.2) is 36.5 Å². The van der Waals surface area contributed by atoms with E-state index in [1.165, 1.54) is 11.1 Å². The third-order valence-corrected chi connectivity index (χ3v) is 4.17. The summed E-state index contributed by atoms with van der Waals surface area (Å²) in [5, 5.41) is 10.9. The van der Waals surface area contributed by atoms with Gasteiger partial charge >= 0.3 is 0 Å². The van der Waals surface area contributed by atoms with E-state index in [1.54, 1.807) is 24.0 Å². The molecule has 0 spiro atoms. The highest BCUT2D eigenvalue weighted by molar-refractivity contribution is 5.96. The molecule has 2 heterocycles. The van der Waals surface area contributed by atoms with E-state index in [0.717, 1.165) is 6.42 Å². The number of carbonyl (C=O) groups excluding carboxylic acids is 1. The number of aromatic nitrogens is 4. The summed E-state index contributed by atoms with van der Waals surface area (Å²) in [5.41, 5.74) is 4.53. The lowest BCUT2D eigenvalue weighted by Crippen LogP contribution is -2.33. The Morgan fingerprint density at radius 3 is 3.14 bits per heavy atom. The van der Waals surface area contributed by atoms with Crippen LogP contribution in [0, 0.1) is 0 Å². The van der Waals surface area contributed by atoms with Crippen LogP contribution < -0.4 is 5.32 Å². The Morgan fingerprint density at radius 1 is 1.41 bits per heavy atom. The van der Waals surface area contributed by atoms with E-state index < -0.39 is 0 Å². The van der Waals surface area contributed by atoms with Crippen LogP contribution in [0.2, 0.25) is 0 Å². The van der Waals surface area contributed by atoms with E-state index in [4.69, 9.17) is 0 Å². The first-order chi connectivity index (χ1) is 10.7. The van der Waals surface area contributed by atoms with Gasteiger partial charge in [0, 0.05) is 25.7 Å². The fourth-order valence-corrected chi connectivity index (χ4v) is 2.91. The number of pyridine rings is 1. The van der Waals surface area contributed by atoms with E-state index in [2.05, 4.69) is 38.8 Å². The highest BCUT2D eigenvalue weighted by atomic mass is 16.1. The molecule has 0 radical (unpaired) electrons. The molecular weight excluding hydrogens is 278 g/mol. The topological polar surface area (TPSA) is 72.7 Å². The number of amides is 1. The van der Waals surface area contributed by atoms with Gasteiger partial charge in [-0.3, -0.25) is 4.79 Å². The van der Waals surface area contributed by atoms with Crippen molar-refractivity contribution in [3.8, 4) is 0 Å². The van der Waals surface area contributed by atoms with Gasteiger partial charge in [-0.1, -0.05) is 29.5 Å². The molecule has 0 saturated heterocycles. The molecule has 6 nitrogen and oxygen atoms in total. The number of hydrogen-bond donors (Lipinski definition) is 1. The molecule has 1 aliphatic rings. The molecule has 0 saturated carbocycles. The van der Waals surface area contributed by atoms with Crippen LogP contribution in [0.4, 0.5) is 0 Å². The van der Waals surface area contributed by atoms with Crippen molar-refractivity contribution >= 4 is 17.1 Å². The van der Waals surface area contributed by atoms with Crippen LogP contribution in [0.25, 0.3) is 11.2 Å². The molecule has 3 aromatic rings. The molecule has 6 heteroatoms. The van der Waals surface area contributed by atoms with E-state index in [0.29, 0.717) is 29.2 Å². The third-order valence-electron chi connectivity index (χ3n) is 4.17. The first-order valence-electron chi connectivity index (χ1n) is 7.24. The maximum Gasteiger partial charge on any atom is 0.252 e. The summed E-state index contributed by atoms with van der Waals surface area (Å²) in [7, 11) is 1.77. The van der Waals surface area contributed by atoms with Crippen LogP contribution in [0.1, 0.15) is 27.4 Å². The summed E-state index contributed by atoms with van der Waals surface area (Å²) in [6.45, 7) is 0.647. The number of nitrogens with one attached hydrogen (secondary N) is 1. The molecule has 1 N–H and O–H groups in total. The summed E-state index contributed by atoms with van der Waals surface area (Å²) in [4.78, 5) is 16.5. The van der Waals surface area contributed by atoms with Crippen molar-refractivity contribution in [3.05, 3.63) is 53.2 Å². The predicted octanol–water partition coefficient (Wildman–Crippen LogP) is 1.43. The molecule has 0 aliphatic heterocycles. The van der Waals surface area contributed by atoms with Gasteiger partial charge in [0.2, 0.25) is 0 Å². The minimum atomic E-state index is -0.121. The summed E-state index contributed by atoms with van der Waals surface area (Å²) >= 11 is 0. The second kappa shape index (κ2) is 4.91. The van der Waals surface area contributed by atoms with E-state index in [-0.39, 0.29) is 5.91 Å². The number of hydrogen-bond acceptors (Lipinski definition) is 4. The van der Waals surface area contributed by atoms with Gasteiger partial charge in [-0.05, 0) is 23.6 Å². The molecule has 1 aromatic carbocycles. The molecule has 0 fully saturated rings. The first-order valence-corrected chi connectivity index (χ1v) is 7.24. The van der Waals surface area contributed by atoms with Crippen molar-refractivity contribution in [1.82, 2.24) is 25.3 Å². The van der Waals surface area contributed by atoms with Crippen LogP contribution in [-0.2, 0) is 13.5 Å². The summed E-state index contributed by atoms with van der Waals surface area (Å²) in [6.07, 6.45) is 2.59. The zero-order chi connectivity index (χ0) is 15.1. The number of fused-ring (bicyclic) bond motifs is 2. The zero-order valence-electron chi connectivity index (χ0n) is 12.2. The molecule has 2 aromatic heterocycles. The minimum Gasteiger partial charge on any atom is -0.351 e. The van der Waals surface area contributed by atoms with Gasteiger partial charge in [-0.2, -0.15) is 0 Å². The number of benzene rings is 1. The molecule has 0 bridgehead atoms. The third kappa shape index (κ3) is 2.04. The molecule has 1 unspecified atom stereocenters. The van der Waals surface area contributed by atoms with Gasteiger partial charge in [-0.25, -0.2) is 9.67 Å². The van der Waals surface area contributed by atoms with Gasteiger partial charge in [0.25, 0.3) is 5.91 Å². The smallest absolute Gasteiger partial charge is 0.252 e. The normalized spacial score (nSPS) is 16.1. The Morgan fingerprint density at radius 2 is 2.27 bits per heavy atom. The predicted molar refractivity (Wildman–Crippen MR) is 81.5 cm³/mol. The minimum absolute atomic E-state index is 0.121. The Hall–Kier alpha value is -2.76. The highest BCUT2D eigenvalue weighted by Crippen LogP contribution is 2.34. The van der Waals surface area contributed by atoms with Crippen molar-refractivity contribution in [2.24, 2.45) is 7.05 Å². The standard InChI is InChI=1S/C16H15N5O/c1-21-15-14(19-20-21)7-12(9-17-15)16(22)18-8-11-6-10-4-2-3-5-13(10)11/h2-5,7,9,11H,6,8H2,1H3,(H,18,22). The molecule has 1 aliphatic carbocycles. The van der Waals surface area contributed by atoms with Gasteiger partial charge in [0.15, 0.2) is 5.65 Å². The average molecular weight is 293 g/mol. The zero-order valence-corrected chi connectivity index (χ0v) is 12.2. The van der Waals surface area contributed by atoms with Crippen molar-refractivity contribution < 1.29 is 4.79 Å². The van der Waals surface area contributed by atoms with Crippen molar-refractivity contribution in [2.45, 2.75) is 12.3 Å². The molecule has 1 amide bonds. The number of carbonyl (C=O) groups is 1. The first kappa shape index (κ1) is 12.9. The van der Waals surface area contributed by atoms with Crippen LogP contribution in [0.5, 0.6) is 0 Å².